The van der Waals surface area contributed by atoms with Crippen LogP contribution in [0.1, 0.15) is 24.3 Å². The molecule has 0 bridgehead atoms. The average molecular weight is 445 g/mol. The lowest BCUT2D eigenvalue weighted by atomic mass is 10.1. The van der Waals surface area contributed by atoms with E-state index >= 15 is 0 Å². The Morgan fingerprint density at radius 2 is 1.71 bits per heavy atom. The summed E-state index contributed by atoms with van der Waals surface area (Å²) < 4.78 is 34.5. The molecule has 164 valence electrons. The summed E-state index contributed by atoms with van der Waals surface area (Å²) in [4.78, 5) is 25.2. The second-order valence-electron chi connectivity index (χ2n) is 7.28. The van der Waals surface area contributed by atoms with Gasteiger partial charge in [-0.15, -0.1) is 0 Å². The third-order valence-electron chi connectivity index (χ3n) is 4.34. The van der Waals surface area contributed by atoms with Gasteiger partial charge in [0.1, 0.15) is 19.0 Å². The van der Waals surface area contributed by atoms with E-state index in [2.05, 4.69) is 5.10 Å². The van der Waals surface area contributed by atoms with Crippen molar-refractivity contribution in [1.82, 2.24) is 9.78 Å². The van der Waals surface area contributed by atoms with Gasteiger partial charge >= 0.3 is 5.97 Å². The van der Waals surface area contributed by atoms with Crippen molar-refractivity contribution in [3.63, 3.8) is 0 Å². The molecule has 0 unspecified atom stereocenters. The molecule has 3 rings (SSSR count). The number of hydrogen-bond donors (Lipinski definition) is 1. The van der Waals surface area contributed by atoms with Crippen LogP contribution >= 0.6 is 0 Å². The van der Waals surface area contributed by atoms with Crippen LogP contribution in [0.3, 0.4) is 0 Å². The smallest absolute Gasteiger partial charge is 0.359 e. The van der Waals surface area contributed by atoms with E-state index in [0.717, 1.165) is 0 Å². The zero-order valence-electron chi connectivity index (χ0n) is 17.1. The predicted molar refractivity (Wildman–Crippen MR) is 114 cm³/mol. The first-order chi connectivity index (χ1) is 14.7. The molecule has 1 heterocycles. The Morgan fingerprint density at radius 3 is 2.32 bits per heavy atom. The molecule has 31 heavy (non-hydrogen) atoms. The van der Waals surface area contributed by atoms with E-state index in [4.69, 9.17) is 14.6 Å². The Kier molecular flexibility index (Phi) is 6.71. The molecular weight excluding hydrogens is 422 g/mol. The summed E-state index contributed by atoms with van der Waals surface area (Å²) in [5.41, 5.74) is -0.194. The molecule has 0 saturated heterocycles. The number of fused-ring (bicyclic) bond motifs is 1. The van der Waals surface area contributed by atoms with Gasteiger partial charge in [-0.05, 0) is 36.2 Å². The van der Waals surface area contributed by atoms with E-state index in [9.17, 15) is 18.0 Å². The van der Waals surface area contributed by atoms with Crippen LogP contribution in [0.25, 0.3) is 10.8 Å². The third kappa shape index (κ3) is 5.47. The number of primary sulfonamides is 1. The van der Waals surface area contributed by atoms with Gasteiger partial charge in [0.25, 0.3) is 5.56 Å². The maximum Gasteiger partial charge on any atom is 0.359 e. The van der Waals surface area contributed by atoms with Gasteiger partial charge in [-0.1, -0.05) is 32.0 Å². The number of rotatable bonds is 8. The van der Waals surface area contributed by atoms with Crippen LogP contribution < -0.4 is 15.4 Å². The number of carbonyl (C=O) groups excluding carboxylic acids is 1. The van der Waals surface area contributed by atoms with Crippen molar-refractivity contribution in [3.05, 3.63) is 64.6 Å². The van der Waals surface area contributed by atoms with Crippen molar-refractivity contribution in [1.29, 1.82) is 0 Å². The van der Waals surface area contributed by atoms with Crippen LogP contribution in [-0.4, -0.2) is 37.4 Å². The number of aromatic nitrogens is 2. The highest BCUT2D eigenvalue weighted by Gasteiger charge is 2.18. The maximum absolute atomic E-state index is 12.6. The van der Waals surface area contributed by atoms with Crippen molar-refractivity contribution < 1.29 is 22.7 Å². The molecule has 0 saturated carbocycles. The molecule has 2 N–H and O–H groups in total. The van der Waals surface area contributed by atoms with Gasteiger partial charge in [-0.3, -0.25) is 4.79 Å². The van der Waals surface area contributed by atoms with Crippen molar-refractivity contribution in [3.8, 4) is 5.75 Å². The third-order valence-corrected chi connectivity index (χ3v) is 5.27. The monoisotopic (exact) mass is 445 g/mol. The number of esters is 1. The molecule has 3 aromatic rings. The second-order valence-corrected chi connectivity index (χ2v) is 8.84. The lowest BCUT2D eigenvalue weighted by molar-refractivity contribution is 0.0443. The minimum absolute atomic E-state index is 0.0271. The average Bonchev–Trinajstić information content (AvgIpc) is 2.72. The molecule has 2 aromatic carbocycles. The zero-order valence-corrected chi connectivity index (χ0v) is 18.0. The van der Waals surface area contributed by atoms with Crippen molar-refractivity contribution in [2.45, 2.75) is 25.3 Å². The lowest BCUT2D eigenvalue weighted by Gasteiger charge is -2.12. The SMILES string of the molecule is CC(C)Cn1nc(C(=O)OCCOc2ccc(S(N)(=O)=O)cc2)c2ccccc2c1=O. The molecule has 0 spiro atoms. The molecule has 9 nitrogen and oxygen atoms in total. The topological polar surface area (TPSA) is 131 Å². The molecule has 0 aliphatic rings. The standard InChI is InChI=1S/C21H23N3O6S/c1-14(2)13-24-20(25)18-6-4-3-5-17(18)19(23-24)21(26)30-12-11-29-15-7-9-16(10-8-15)31(22,27)28/h3-10,14H,11-13H2,1-2H3,(H2,22,27,28). The van der Waals surface area contributed by atoms with Crippen LogP contribution in [0.4, 0.5) is 0 Å². The van der Waals surface area contributed by atoms with Crippen molar-refractivity contribution in [2.24, 2.45) is 11.1 Å². The number of carbonyl (C=O) groups is 1. The second kappa shape index (κ2) is 9.27. The first-order valence-electron chi connectivity index (χ1n) is 9.59. The first-order valence-corrected chi connectivity index (χ1v) is 11.1. The Morgan fingerprint density at radius 1 is 1.06 bits per heavy atom. The number of sulfonamides is 1. The minimum Gasteiger partial charge on any atom is -0.490 e. The minimum atomic E-state index is -3.78. The van der Waals surface area contributed by atoms with Crippen molar-refractivity contribution >= 4 is 26.8 Å². The Labute approximate surface area is 179 Å². The van der Waals surface area contributed by atoms with Crippen LogP contribution in [0, 0.1) is 5.92 Å². The van der Waals surface area contributed by atoms with Gasteiger partial charge in [0.15, 0.2) is 5.69 Å². The number of nitrogens with zero attached hydrogens (tertiary/aromatic N) is 2. The van der Waals surface area contributed by atoms with E-state index in [1.54, 1.807) is 24.3 Å². The normalized spacial score (nSPS) is 11.6. The van der Waals surface area contributed by atoms with Gasteiger partial charge in [-0.2, -0.15) is 5.10 Å². The molecule has 10 heteroatoms. The Bertz CT molecular complexity index is 1250. The fourth-order valence-electron chi connectivity index (χ4n) is 2.94. The number of ether oxygens (including phenoxy) is 2. The largest absolute Gasteiger partial charge is 0.490 e. The molecular formula is C21H23N3O6S. The highest BCUT2D eigenvalue weighted by Crippen LogP contribution is 2.16. The molecule has 1 aromatic heterocycles. The highest BCUT2D eigenvalue weighted by molar-refractivity contribution is 7.89. The summed E-state index contributed by atoms with van der Waals surface area (Å²) in [6.07, 6.45) is 0. The Balaban J connectivity index is 1.69. The van der Waals surface area contributed by atoms with Gasteiger partial charge in [0.2, 0.25) is 10.0 Å². The molecule has 0 aliphatic carbocycles. The van der Waals surface area contributed by atoms with E-state index < -0.39 is 16.0 Å². The van der Waals surface area contributed by atoms with Gasteiger partial charge < -0.3 is 9.47 Å². The zero-order chi connectivity index (χ0) is 22.6. The van der Waals surface area contributed by atoms with E-state index in [1.165, 1.54) is 28.9 Å². The van der Waals surface area contributed by atoms with Crippen molar-refractivity contribution in [2.75, 3.05) is 13.2 Å². The fourth-order valence-corrected chi connectivity index (χ4v) is 3.46. The molecule has 0 radical (unpaired) electrons. The number of hydrogen-bond acceptors (Lipinski definition) is 7. The summed E-state index contributed by atoms with van der Waals surface area (Å²) in [5, 5.41) is 10.1. The predicted octanol–water partition coefficient (Wildman–Crippen LogP) is 1.94. The summed E-state index contributed by atoms with van der Waals surface area (Å²) in [5.74, 6) is -0.0938. The van der Waals surface area contributed by atoms with Gasteiger partial charge in [-0.25, -0.2) is 23.0 Å². The lowest BCUT2D eigenvalue weighted by Crippen LogP contribution is -2.28. The van der Waals surface area contributed by atoms with E-state index in [1.807, 2.05) is 13.8 Å². The van der Waals surface area contributed by atoms with E-state index in [0.29, 0.717) is 23.1 Å². The molecule has 0 amide bonds. The van der Waals surface area contributed by atoms with Gasteiger partial charge in [0, 0.05) is 11.9 Å². The van der Waals surface area contributed by atoms with Crippen LogP contribution in [0.2, 0.25) is 0 Å². The van der Waals surface area contributed by atoms with E-state index in [-0.39, 0.29) is 35.3 Å². The number of benzene rings is 2. The van der Waals surface area contributed by atoms with Crippen LogP contribution in [0.5, 0.6) is 5.75 Å². The summed E-state index contributed by atoms with van der Waals surface area (Å²) >= 11 is 0. The first kappa shape index (κ1) is 22.4. The Hall–Kier alpha value is -3.24. The fraction of sp³-hybridized carbons (Fsp3) is 0.286. The highest BCUT2D eigenvalue weighted by atomic mass is 32.2. The quantitative estimate of drug-likeness (QED) is 0.414. The van der Waals surface area contributed by atoms with Crippen LogP contribution in [0.15, 0.2) is 58.2 Å². The summed E-state index contributed by atoms with van der Waals surface area (Å²) in [6.45, 7) is 4.27. The van der Waals surface area contributed by atoms with Crippen LogP contribution in [-0.2, 0) is 21.3 Å². The number of nitrogens with two attached hydrogens (primary N) is 1. The molecule has 0 atom stereocenters. The maximum atomic E-state index is 12.6. The van der Waals surface area contributed by atoms with Gasteiger partial charge in [0.05, 0.1) is 10.3 Å². The molecule has 0 aliphatic heterocycles. The summed E-state index contributed by atoms with van der Waals surface area (Å²) in [6, 6.07) is 12.3. The summed E-state index contributed by atoms with van der Waals surface area (Å²) in [7, 11) is -3.78. The molecule has 0 fully saturated rings.